The molecular weight excluding hydrogens is 206 g/mol. The molecule has 0 aliphatic carbocycles. The van der Waals surface area contributed by atoms with E-state index in [9.17, 15) is 14.7 Å². The van der Waals surface area contributed by atoms with E-state index >= 15 is 0 Å². The number of benzene rings is 1. The molecule has 0 spiro atoms. The summed E-state index contributed by atoms with van der Waals surface area (Å²) in [5.41, 5.74) is 0.704. The summed E-state index contributed by atoms with van der Waals surface area (Å²) < 4.78 is 0. The van der Waals surface area contributed by atoms with E-state index in [1.165, 1.54) is 0 Å². The summed E-state index contributed by atoms with van der Waals surface area (Å²) in [7, 11) is 0. The van der Waals surface area contributed by atoms with Crippen molar-refractivity contribution in [3.05, 3.63) is 35.9 Å². The van der Waals surface area contributed by atoms with Crippen molar-refractivity contribution in [1.82, 2.24) is 0 Å². The smallest absolute Gasteiger partial charge is 0.168 e. The van der Waals surface area contributed by atoms with Crippen LogP contribution >= 0.6 is 0 Å². The van der Waals surface area contributed by atoms with E-state index in [4.69, 9.17) is 0 Å². The van der Waals surface area contributed by atoms with Gasteiger partial charge >= 0.3 is 0 Å². The van der Waals surface area contributed by atoms with Gasteiger partial charge in [-0.1, -0.05) is 30.3 Å². The molecule has 0 saturated carbocycles. The molecule has 0 aromatic heterocycles. The Morgan fingerprint density at radius 2 is 1.69 bits per heavy atom. The zero-order valence-corrected chi connectivity index (χ0v) is 9.02. The SMILES string of the molecule is O=C([O-])CC[NH2+]CCC(=O)c1ccccc1. The molecule has 86 valence electrons. The maximum Gasteiger partial charge on any atom is 0.168 e. The molecule has 0 amide bonds. The van der Waals surface area contributed by atoms with Gasteiger partial charge in [-0.2, -0.15) is 0 Å². The standard InChI is InChI=1S/C12H15NO3/c14-11(10-4-2-1-3-5-10)6-8-13-9-7-12(15)16/h1-5,13H,6-9H2,(H,15,16). The van der Waals surface area contributed by atoms with Crippen molar-refractivity contribution in [2.45, 2.75) is 12.8 Å². The Morgan fingerprint density at radius 1 is 1.06 bits per heavy atom. The number of carboxylic acids is 1. The lowest BCUT2D eigenvalue weighted by atomic mass is 10.1. The Morgan fingerprint density at radius 3 is 2.31 bits per heavy atom. The predicted octanol–water partition coefficient (Wildman–Crippen LogP) is -1.04. The second kappa shape index (κ2) is 6.74. The molecule has 0 unspecified atom stereocenters. The Labute approximate surface area is 94.3 Å². The minimum atomic E-state index is -1.05. The van der Waals surface area contributed by atoms with Crippen molar-refractivity contribution in [1.29, 1.82) is 0 Å². The van der Waals surface area contributed by atoms with Gasteiger partial charge in [-0.05, 0) is 0 Å². The van der Waals surface area contributed by atoms with Gasteiger partial charge in [0, 0.05) is 18.0 Å². The van der Waals surface area contributed by atoms with Gasteiger partial charge in [0.25, 0.3) is 0 Å². The number of ketones is 1. The fraction of sp³-hybridized carbons (Fsp3) is 0.333. The molecular formula is C12H15NO3. The van der Waals surface area contributed by atoms with Crippen molar-refractivity contribution < 1.29 is 20.0 Å². The third-order valence-electron chi connectivity index (χ3n) is 2.22. The van der Waals surface area contributed by atoms with Crippen LogP contribution in [0.15, 0.2) is 30.3 Å². The lowest BCUT2D eigenvalue weighted by Gasteiger charge is -2.02. The van der Waals surface area contributed by atoms with Crippen LogP contribution in [0, 0.1) is 0 Å². The van der Waals surface area contributed by atoms with Gasteiger partial charge in [0.1, 0.15) is 0 Å². The number of rotatable bonds is 7. The van der Waals surface area contributed by atoms with Gasteiger partial charge in [0.15, 0.2) is 5.78 Å². The van der Waals surface area contributed by atoms with Crippen LogP contribution < -0.4 is 10.4 Å². The number of nitrogens with two attached hydrogens (primary N) is 1. The monoisotopic (exact) mass is 221 g/mol. The normalized spacial score (nSPS) is 10.0. The minimum Gasteiger partial charge on any atom is -0.550 e. The first-order valence-electron chi connectivity index (χ1n) is 5.30. The molecule has 1 aromatic rings. The van der Waals surface area contributed by atoms with E-state index in [2.05, 4.69) is 0 Å². The lowest BCUT2D eigenvalue weighted by molar-refractivity contribution is -0.653. The first kappa shape index (κ1) is 12.4. The number of hydrogen-bond donors (Lipinski definition) is 1. The molecule has 1 aromatic carbocycles. The fourth-order valence-corrected chi connectivity index (χ4v) is 1.37. The number of Topliss-reactive ketones (excluding diaryl/α,β-unsaturated/α-hetero) is 1. The third kappa shape index (κ3) is 4.70. The Bertz CT molecular complexity index is 349. The predicted molar refractivity (Wildman–Crippen MR) is 56.7 cm³/mol. The molecule has 0 bridgehead atoms. The molecule has 0 saturated heterocycles. The second-order valence-corrected chi connectivity index (χ2v) is 3.53. The van der Waals surface area contributed by atoms with Crippen molar-refractivity contribution in [2.75, 3.05) is 13.1 Å². The summed E-state index contributed by atoms with van der Waals surface area (Å²) in [4.78, 5) is 21.7. The van der Waals surface area contributed by atoms with Crippen molar-refractivity contribution in [3.8, 4) is 0 Å². The number of carbonyl (C=O) groups excluding carboxylic acids is 2. The number of aliphatic carboxylic acids is 1. The van der Waals surface area contributed by atoms with Crippen LogP contribution in [0.25, 0.3) is 0 Å². The van der Waals surface area contributed by atoms with Gasteiger partial charge in [0.05, 0.1) is 19.5 Å². The molecule has 0 fully saturated rings. The Hall–Kier alpha value is -1.68. The maximum absolute atomic E-state index is 11.6. The first-order chi connectivity index (χ1) is 7.70. The summed E-state index contributed by atoms with van der Waals surface area (Å²) in [5.74, 6) is -0.962. The van der Waals surface area contributed by atoms with Gasteiger partial charge in [-0.3, -0.25) is 4.79 Å². The number of carboxylic acid groups (broad SMARTS) is 1. The molecule has 0 heterocycles. The summed E-state index contributed by atoms with van der Waals surface area (Å²) in [6.45, 7) is 1.07. The molecule has 2 N–H and O–H groups in total. The second-order valence-electron chi connectivity index (χ2n) is 3.53. The molecule has 0 aliphatic heterocycles. The largest absolute Gasteiger partial charge is 0.550 e. The number of carbonyl (C=O) groups is 2. The number of hydrogen-bond acceptors (Lipinski definition) is 3. The molecule has 0 radical (unpaired) electrons. The zero-order chi connectivity index (χ0) is 11.8. The highest BCUT2D eigenvalue weighted by Crippen LogP contribution is 2.01. The topological polar surface area (TPSA) is 73.8 Å². The summed E-state index contributed by atoms with van der Waals surface area (Å²) in [5, 5.41) is 11.9. The lowest BCUT2D eigenvalue weighted by Crippen LogP contribution is -2.84. The molecule has 4 heteroatoms. The quantitative estimate of drug-likeness (QED) is 0.472. The van der Waals surface area contributed by atoms with Crippen LogP contribution in [0.4, 0.5) is 0 Å². The van der Waals surface area contributed by atoms with Crippen molar-refractivity contribution in [3.63, 3.8) is 0 Å². The average Bonchev–Trinajstić information content (AvgIpc) is 2.29. The van der Waals surface area contributed by atoms with Crippen molar-refractivity contribution >= 4 is 11.8 Å². The average molecular weight is 221 g/mol. The van der Waals surface area contributed by atoms with Crippen molar-refractivity contribution in [2.24, 2.45) is 0 Å². The Kier molecular flexibility index (Phi) is 5.22. The number of quaternary nitrogens is 1. The molecule has 1 rings (SSSR count). The van der Waals surface area contributed by atoms with E-state index in [1.54, 1.807) is 12.1 Å². The summed E-state index contributed by atoms with van der Waals surface area (Å²) >= 11 is 0. The zero-order valence-electron chi connectivity index (χ0n) is 9.02. The van der Waals surface area contributed by atoms with Gasteiger partial charge < -0.3 is 15.2 Å². The van der Waals surface area contributed by atoms with Gasteiger partial charge in [-0.25, -0.2) is 0 Å². The highest BCUT2D eigenvalue weighted by molar-refractivity contribution is 5.95. The molecule has 0 atom stereocenters. The van der Waals surface area contributed by atoms with Crippen LogP contribution in [-0.4, -0.2) is 24.8 Å². The van der Waals surface area contributed by atoms with Crippen LogP contribution in [0.3, 0.4) is 0 Å². The fourth-order valence-electron chi connectivity index (χ4n) is 1.37. The highest BCUT2D eigenvalue weighted by Gasteiger charge is 2.05. The van der Waals surface area contributed by atoms with Crippen LogP contribution in [-0.2, 0) is 4.79 Å². The van der Waals surface area contributed by atoms with E-state index < -0.39 is 5.97 Å². The Balaban J connectivity index is 2.19. The van der Waals surface area contributed by atoms with Crippen LogP contribution in [0.5, 0.6) is 0 Å². The van der Waals surface area contributed by atoms with E-state index in [0.29, 0.717) is 25.1 Å². The first-order valence-corrected chi connectivity index (χ1v) is 5.30. The van der Waals surface area contributed by atoms with E-state index in [-0.39, 0.29) is 12.2 Å². The van der Waals surface area contributed by atoms with E-state index in [0.717, 1.165) is 0 Å². The highest BCUT2D eigenvalue weighted by atomic mass is 16.4. The maximum atomic E-state index is 11.6. The summed E-state index contributed by atoms with van der Waals surface area (Å²) in [6.07, 6.45) is 0.455. The van der Waals surface area contributed by atoms with Crippen LogP contribution in [0.2, 0.25) is 0 Å². The van der Waals surface area contributed by atoms with Gasteiger partial charge in [0.2, 0.25) is 0 Å². The summed E-state index contributed by atoms with van der Waals surface area (Å²) in [6, 6.07) is 9.08. The third-order valence-corrected chi connectivity index (χ3v) is 2.22. The van der Waals surface area contributed by atoms with Crippen LogP contribution in [0.1, 0.15) is 23.2 Å². The van der Waals surface area contributed by atoms with E-state index in [1.807, 2.05) is 23.5 Å². The molecule has 0 aliphatic rings. The minimum absolute atomic E-state index is 0.0273. The molecule has 16 heavy (non-hydrogen) atoms. The van der Waals surface area contributed by atoms with Gasteiger partial charge in [-0.15, -0.1) is 0 Å². The molecule has 4 nitrogen and oxygen atoms in total.